The molecule has 0 unspecified atom stereocenters. The summed E-state index contributed by atoms with van der Waals surface area (Å²) in [5.41, 5.74) is 1.77. The van der Waals surface area contributed by atoms with E-state index in [4.69, 9.17) is 17.0 Å². The van der Waals surface area contributed by atoms with Gasteiger partial charge in [-0.3, -0.25) is 29.0 Å². The Morgan fingerprint density at radius 2 is 1.82 bits per heavy atom. The monoisotopic (exact) mass is 563 g/mol. The zero-order chi connectivity index (χ0) is 27.9. The molecule has 200 valence electrons. The number of esters is 1. The van der Waals surface area contributed by atoms with Crippen LogP contribution in [0.1, 0.15) is 35.7 Å². The molecular formula is C28H25N3O6S2. The summed E-state index contributed by atoms with van der Waals surface area (Å²) >= 11 is 6.43. The Bertz CT molecular complexity index is 1370. The molecule has 0 aliphatic carbocycles. The Morgan fingerprint density at radius 1 is 1.10 bits per heavy atom. The largest absolute Gasteiger partial charge is 0.462 e. The number of carbonyl (C=O) groups is 5. The summed E-state index contributed by atoms with van der Waals surface area (Å²) in [6, 6.07) is 14.7. The summed E-state index contributed by atoms with van der Waals surface area (Å²) in [7, 11) is 0. The zero-order valence-corrected chi connectivity index (χ0v) is 22.6. The van der Waals surface area contributed by atoms with Crippen LogP contribution in [0.4, 0.5) is 5.69 Å². The topological polar surface area (TPSA) is 113 Å². The van der Waals surface area contributed by atoms with Crippen molar-refractivity contribution in [3.63, 3.8) is 0 Å². The van der Waals surface area contributed by atoms with E-state index in [2.05, 4.69) is 5.32 Å². The Morgan fingerprint density at radius 3 is 2.51 bits per heavy atom. The van der Waals surface area contributed by atoms with E-state index >= 15 is 0 Å². The van der Waals surface area contributed by atoms with Gasteiger partial charge in [-0.1, -0.05) is 66.5 Å². The fourth-order valence-corrected chi connectivity index (χ4v) is 5.32. The van der Waals surface area contributed by atoms with Gasteiger partial charge in [0.1, 0.15) is 10.4 Å². The Hall–Kier alpha value is -4.09. The molecule has 0 spiro atoms. The number of thioether (sulfide) groups is 1. The first-order valence-electron chi connectivity index (χ1n) is 12.2. The van der Waals surface area contributed by atoms with Crippen LogP contribution in [-0.4, -0.2) is 62.9 Å². The van der Waals surface area contributed by atoms with E-state index < -0.39 is 35.6 Å². The van der Waals surface area contributed by atoms with Gasteiger partial charge in [-0.05, 0) is 42.8 Å². The van der Waals surface area contributed by atoms with Crippen molar-refractivity contribution in [3.8, 4) is 0 Å². The molecule has 2 aromatic rings. The first-order chi connectivity index (χ1) is 18.8. The standard InChI is InChI=1S/C28H25N3O6S2/c1-2-37-27(36)19-11-13-20(14-12-19)29-23(32)15-16-30-24(33)17-21(25(30)34)31-26(35)22(39-28(31)38)10-6-9-18-7-4-3-5-8-18/h3-14,21H,2,15-17H2,1H3,(H,29,32)/b9-6+,22-10-/t21-/m1/s1. The fourth-order valence-electron chi connectivity index (χ4n) is 4.02. The molecule has 2 saturated heterocycles. The van der Waals surface area contributed by atoms with E-state index in [1.54, 1.807) is 31.2 Å². The second-order valence-corrected chi connectivity index (χ2v) is 10.2. The minimum absolute atomic E-state index is 0.133. The number of rotatable bonds is 9. The normalized spacial score (nSPS) is 18.5. The number of allylic oxidation sites excluding steroid dienone is 2. The highest BCUT2D eigenvalue weighted by atomic mass is 32.2. The van der Waals surface area contributed by atoms with Gasteiger partial charge in [-0.15, -0.1) is 0 Å². The Labute approximate surface area is 234 Å². The van der Waals surface area contributed by atoms with Gasteiger partial charge in [0.05, 0.1) is 23.5 Å². The molecule has 2 aliphatic rings. The molecule has 2 heterocycles. The van der Waals surface area contributed by atoms with Crippen LogP contribution in [0.2, 0.25) is 0 Å². The van der Waals surface area contributed by atoms with E-state index in [1.807, 2.05) is 36.4 Å². The number of nitrogens with zero attached hydrogens (tertiary/aromatic N) is 2. The van der Waals surface area contributed by atoms with Gasteiger partial charge in [-0.2, -0.15) is 0 Å². The molecule has 1 N–H and O–H groups in total. The average molecular weight is 564 g/mol. The summed E-state index contributed by atoms with van der Waals surface area (Å²) in [6.45, 7) is 1.83. The fraction of sp³-hybridized carbons (Fsp3) is 0.214. The minimum Gasteiger partial charge on any atom is -0.462 e. The number of nitrogens with one attached hydrogen (secondary N) is 1. The second-order valence-electron chi connectivity index (χ2n) is 8.54. The number of hydrogen-bond donors (Lipinski definition) is 1. The van der Waals surface area contributed by atoms with Crippen molar-refractivity contribution < 1.29 is 28.7 Å². The van der Waals surface area contributed by atoms with Crippen molar-refractivity contribution in [1.29, 1.82) is 0 Å². The molecule has 2 aromatic carbocycles. The summed E-state index contributed by atoms with van der Waals surface area (Å²) in [4.78, 5) is 65.4. The minimum atomic E-state index is -1.03. The van der Waals surface area contributed by atoms with Crippen LogP contribution in [0.3, 0.4) is 0 Å². The molecule has 0 saturated carbocycles. The maximum absolute atomic E-state index is 13.1. The van der Waals surface area contributed by atoms with Crippen LogP contribution in [0.25, 0.3) is 6.08 Å². The first kappa shape index (κ1) is 27.9. The summed E-state index contributed by atoms with van der Waals surface area (Å²) in [5, 5.41) is 2.67. The lowest BCUT2D eigenvalue weighted by molar-refractivity contribution is -0.141. The number of hydrogen-bond acceptors (Lipinski definition) is 8. The molecule has 39 heavy (non-hydrogen) atoms. The van der Waals surface area contributed by atoms with Gasteiger partial charge in [0.25, 0.3) is 11.8 Å². The van der Waals surface area contributed by atoms with Gasteiger partial charge >= 0.3 is 5.97 Å². The quantitative estimate of drug-likeness (QED) is 0.212. The molecule has 0 radical (unpaired) electrons. The maximum Gasteiger partial charge on any atom is 0.338 e. The Balaban J connectivity index is 1.33. The van der Waals surface area contributed by atoms with E-state index in [9.17, 15) is 24.0 Å². The zero-order valence-electron chi connectivity index (χ0n) is 21.0. The molecule has 11 heteroatoms. The van der Waals surface area contributed by atoms with E-state index in [-0.39, 0.29) is 30.3 Å². The van der Waals surface area contributed by atoms with Crippen molar-refractivity contribution in [2.75, 3.05) is 18.5 Å². The summed E-state index contributed by atoms with van der Waals surface area (Å²) in [5.74, 6) is -2.35. The van der Waals surface area contributed by atoms with E-state index in [0.717, 1.165) is 22.2 Å². The maximum atomic E-state index is 13.1. The van der Waals surface area contributed by atoms with Gasteiger partial charge in [0.15, 0.2) is 0 Å². The second kappa shape index (κ2) is 12.6. The van der Waals surface area contributed by atoms with Crippen molar-refractivity contribution in [2.45, 2.75) is 25.8 Å². The predicted octanol–water partition coefficient (Wildman–Crippen LogP) is 3.78. The molecule has 2 aliphatic heterocycles. The number of imide groups is 1. The Kier molecular flexibility index (Phi) is 9.05. The lowest BCUT2D eigenvalue weighted by Gasteiger charge is -2.21. The number of carbonyl (C=O) groups excluding carboxylic acids is 5. The van der Waals surface area contributed by atoms with Crippen LogP contribution in [0, 0.1) is 0 Å². The number of anilines is 1. The number of ether oxygens (including phenoxy) is 1. The third-order valence-corrected chi connectivity index (χ3v) is 7.28. The number of amides is 4. The average Bonchev–Trinajstić information content (AvgIpc) is 3.36. The molecule has 1 atom stereocenters. The van der Waals surface area contributed by atoms with Gasteiger partial charge in [0.2, 0.25) is 11.8 Å². The molecule has 0 aromatic heterocycles. The van der Waals surface area contributed by atoms with Crippen LogP contribution in [0.15, 0.2) is 71.7 Å². The third kappa shape index (κ3) is 6.68. The lowest BCUT2D eigenvalue weighted by Crippen LogP contribution is -2.44. The van der Waals surface area contributed by atoms with Crippen LogP contribution in [-0.2, 0) is 23.9 Å². The molecule has 4 amide bonds. The predicted molar refractivity (Wildman–Crippen MR) is 151 cm³/mol. The van der Waals surface area contributed by atoms with Gasteiger partial charge < -0.3 is 10.1 Å². The van der Waals surface area contributed by atoms with Crippen LogP contribution >= 0.6 is 24.0 Å². The van der Waals surface area contributed by atoms with Crippen LogP contribution in [0.5, 0.6) is 0 Å². The molecule has 9 nitrogen and oxygen atoms in total. The summed E-state index contributed by atoms with van der Waals surface area (Å²) < 4.78 is 5.13. The van der Waals surface area contributed by atoms with Crippen molar-refractivity contribution in [3.05, 3.63) is 82.8 Å². The highest BCUT2D eigenvalue weighted by Crippen LogP contribution is 2.35. The molecular weight excluding hydrogens is 538 g/mol. The number of thiocarbonyl (C=S) groups is 1. The smallest absolute Gasteiger partial charge is 0.338 e. The molecule has 2 fully saturated rings. The number of benzene rings is 2. The van der Waals surface area contributed by atoms with Gasteiger partial charge in [0, 0.05) is 18.7 Å². The van der Waals surface area contributed by atoms with E-state index in [0.29, 0.717) is 16.2 Å². The lowest BCUT2D eigenvalue weighted by atomic mass is 10.2. The van der Waals surface area contributed by atoms with Crippen molar-refractivity contribution >= 4 is 69.7 Å². The SMILES string of the molecule is CCOC(=O)c1ccc(NC(=O)CCN2C(=O)C[C@@H](N3C(=O)/C(=C/C=C/c4ccccc4)SC3=S)C2=O)cc1. The highest BCUT2D eigenvalue weighted by Gasteiger charge is 2.48. The van der Waals surface area contributed by atoms with Crippen molar-refractivity contribution in [1.82, 2.24) is 9.80 Å². The van der Waals surface area contributed by atoms with Crippen LogP contribution < -0.4 is 5.32 Å². The van der Waals surface area contributed by atoms with E-state index in [1.165, 1.54) is 17.0 Å². The van der Waals surface area contributed by atoms with Gasteiger partial charge in [-0.25, -0.2) is 4.79 Å². The van der Waals surface area contributed by atoms with Crippen molar-refractivity contribution in [2.24, 2.45) is 0 Å². The summed E-state index contributed by atoms with van der Waals surface area (Å²) in [6.07, 6.45) is 4.88. The molecule has 4 rings (SSSR count). The third-order valence-electron chi connectivity index (χ3n) is 5.93. The first-order valence-corrected chi connectivity index (χ1v) is 13.4. The highest BCUT2D eigenvalue weighted by molar-refractivity contribution is 8.26. The number of likely N-dealkylation sites (tertiary alicyclic amines) is 1. The molecule has 0 bridgehead atoms.